The Hall–Kier alpha value is -0.240. The molecule has 2 aromatic heterocycles. The maximum absolute atomic E-state index is 2.12. The molecule has 0 amide bonds. The number of hydrogen-bond donors (Lipinski definition) is 0. The first-order valence-corrected chi connectivity index (χ1v) is 4.67. The van der Waals surface area contributed by atoms with Crippen molar-refractivity contribution in [3.05, 3.63) is 49.1 Å². The molecule has 2 aromatic rings. The summed E-state index contributed by atoms with van der Waals surface area (Å²) in [5.41, 5.74) is 2.51. The van der Waals surface area contributed by atoms with E-state index in [9.17, 15) is 0 Å². The Balaban J connectivity index is 0.00000112. The average Bonchev–Trinajstić information content (AvgIpc) is 2.21. The highest BCUT2D eigenvalue weighted by Crippen LogP contribution is 2.14. The second kappa shape index (κ2) is 7.16. The number of rotatable bonds is 1. The van der Waals surface area contributed by atoms with Gasteiger partial charge in [-0.15, -0.1) is 0 Å². The van der Waals surface area contributed by atoms with Gasteiger partial charge in [0.2, 0.25) is 0 Å². The second-order valence-electron chi connectivity index (χ2n) is 3.50. The van der Waals surface area contributed by atoms with Crippen LogP contribution in [0.3, 0.4) is 0 Å². The minimum Gasteiger partial charge on any atom is -1.00 e. The van der Waals surface area contributed by atoms with E-state index in [1.54, 1.807) is 0 Å². The molecule has 2 heterocycles. The van der Waals surface area contributed by atoms with Gasteiger partial charge in [-0.2, -0.15) is 0 Å². The highest BCUT2D eigenvalue weighted by atomic mass is 127. The van der Waals surface area contributed by atoms with Gasteiger partial charge in [0, 0.05) is 24.3 Å². The molecule has 0 fully saturated rings. The minimum absolute atomic E-state index is 0. The number of halogens is 2. The molecule has 0 aromatic carbocycles. The van der Waals surface area contributed by atoms with Gasteiger partial charge in [0.15, 0.2) is 24.8 Å². The van der Waals surface area contributed by atoms with E-state index in [1.807, 2.05) is 23.2 Å². The lowest BCUT2D eigenvalue weighted by molar-refractivity contribution is -0.671. The van der Waals surface area contributed by atoms with Crippen LogP contribution in [-0.4, -0.2) is 0 Å². The number of nitrogens with zero attached hydrogens (tertiary/aromatic N) is 2. The number of hydrogen-bond acceptors (Lipinski definition) is 0. The largest absolute Gasteiger partial charge is 1.00 e. The predicted octanol–water partition coefficient (Wildman–Crippen LogP) is -4.99. The van der Waals surface area contributed by atoms with Crippen molar-refractivity contribution in [2.75, 3.05) is 0 Å². The Labute approximate surface area is 130 Å². The van der Waals surface area contributed by atoms with Crippen molar-refractivity contribution < 1.29 is 57.1 Å². The lowest BCUT2D eigenvalue weighted by Crippen LogP contribution is -3.00. The van der Waals surface area contributed by atoms with Crippen molar-refractivity contribution in [1.82, 2.24) is 0 Å². The SMILES string of the molecule is C[n+]1ccc(-c2cc[n+]([11CH3])cc2)cc1.[I-].[I-]. The van der Waals surface area contributed by atoms with Crippen LogP contribution in [0.1, 0.15) is 0 Å². The van der Waals surface area contributed by atoms with Crippen LogP contribution in [0, 0.1) is 0 Å². The van der Waals surface area contributed by atoms with Gasteiger partial charge in [0.1, 0.15) is 14.1 Å². The van der Waals surface area contributed by atoms with Crippen molar-refractivity contribution in [3.8, 4) is 11.1 Å². The third kappa shape index (κ3) is 3.97. The van der Waals surface area contributed by atoms with Crippen LogP contribution in [-0.2, 0) is 14.1 Å². The molecule has 0 saturated heterocycles. The van der Waals surface area contributed by atoms with Crippen LogP contribution in [0.2, 0.25) is 0 Å². The summed E-state index contributed by atoms with van der Waals surface area (Å²) < 4.78 is 4.07. The summed E-state index contributed by atoms with van der Waals surface area (Å²) in [6.45, 7) is 0. The van der Waals surface area contributed by atoms with Crippen molar-refractivity contribution in [3.63, 3.8) is 0 Å². The van der Waals surface area contributed by atoms with Gasteiger partial charge < -0.3 is 48.0 Å². The molecule has 0 unspecified atom stereocenters. The third-order valence-corrected chi connectivity index (χ3v) is 2.29. The molecule has 0 N–H and O–H groups in total. The average molecular weight is 439 g/mol. The fourth-order valence-corrected chi connectivity index (χ4v) is 1.39. The third-order valence-electron chi connectivity index (χ3n) is 2.29. The minimum atomic E-state index is 0. The van der Waals surface area contributed by atoms with E-state index >= 15 is 0 Å². The maximum Gasteiger partial charge on any atom is 0.169 e. The maximum atomic E-state index is 2.12. The highest BCUT2D eigenvalue weighted by Gasteiger charge is 2.00. The highest BCUT2D eigenvalue weighted by molar-refractivity contribution is 5.60. The molecule has 0 saturated carbocycles. The van der Waals surface area contributed by atoms with Crippen LogP contribution in [0.4, 0.5) is 0 Å². The first-order chi connectivity index (χ1) is 6.75. The molecule has 0 bridgehead atoms. The molecule has 2 nitrogen and oxygen atoms in total. The molecule has 0 aliphatic carbocycles. The van der Waals surface area contributed by atoms with Gasteiger partial charge in [-0.1, -0.05) is 0 Å². The van der Waals surface area contributed by atoms with Crippen molar-refractivity contribution in [1.29, 1.82) is 0 Å². The molecule has 0 aliphatic rings. The van der Waals surface area contributed by atoms with Gasteiger partial charge in [-0.25, -0.2) is 9.13 Å². The molecular formula is C12H14I2N2. The summed E-state index contributed by atoms with van der Waals surface area (Å²) in [6.07, 6.45) is 8.23. The molecule has 0 spiro atoms. The number of aryl methyl sites for hydroxylation is 2. The summed E-state index contributed by atoms with van der Waals surface area (Å²) in [7, 11) is 4.05. The summed E-state index contributed by atoms with van der Waals surface area (Å²) in [4.78, 5) is 0. The molecule has 0 radical (unpaired) electrons. The molecule has 16 heavy (non-hydrogen) atoms. The van der Waals surface area contributed by atoms with Gasteiger partial charge in [0.05, 0.1) is 0 Å². The zero-order valence-electron chi connectivity index (χ0n) is 9.27. The quantitative estimate of drug-likeness (QED) is 0.311. The fourth-order valence-electron chi connectivity index (χ4n) is 1.39. The van der Waals surface area contributed by atoms with Crippen molar-refractivity contribution >= 4 is 0 Å². The zero-order chi connectivity index (χ0) is 9.97. The summed E-state index contributed by atoms with van der Waals surface area (Å²) >= 11 is 0. The first kappa shape index (κ1) is 15.8. The molecule has 2 rings (SSSR count). The summed E-state index contributed by atoms with van der Waals surface area (Å²) in [5, 5.41) is 0. The summed E-state index contributed by atoms with van der Waals surface area (Å²) in [6, 6.07) is 8.48. The molecule has 86 valence electrons. The van der Waals surface area contributed by atoms with Gasteiger partial charge in [0.25, 0.3) is 0 Å². The standard InChI is InChI=1S/C12H14N2.2HI/c1-13-7-3-11(4-8-13)12-5-9-14(2)10-6-12;;/h3-10H,1-2H3;2*1H/q+2;;/p-2/i1-1;;. The Morgan fingerprint density at radius 2 is 0.875 bits per heavy atom. The van der Waals surface area contributed by atoms with Crippen LogP contribution in [0.5, 0.6) is 0 Å². The van der Waals surface area contributed by atoms with Gasteiger partial charge in [-0.3, -0.25) is 0 Å². The van der Waals surface area contributed by atoms with Gasteiger partial charge in [-0.05, 0) is 11.1 Å². The molecule has 4 heteroatoms. The predicted molar refractivity (Wildman–Crippen MR) is 54.2 cm³/mol. The Morgan fingerprint density at radius 3 is 1.12 bits per heavy atom. The number of aromatic nitrogens is 2. The summed E-state index contributed by atoms with van der Waals surface area (Å²) in [5.74, 6) is 0. The van der Waals surface area contributed by atoms with E-state index in [4.69, 9.17) is 0 Å². The van der Waals surface area contributed by atoms with Crippen LogP contribution in [0.15, 0.2) is 49.1 Å². The van der Waals surface area contributed by atoms with Crippen LogP contribution >= 0.6 is 0 Å². The smallest absolute Gasteiger partial charge is 0.169 e. The first-order valence-electron chi connectivity index (χ1n) is 4.67. The second-order valence-corrected chi connectivity index (χ2v) is 3.50. The fraction of sp³-hybridized carbons (Fsp3) is 0.167. The monoisotopic (exact) mass is 439 g/mol. The van der Waals surface area contributed by atoms with Gasteiger partial charge >= 0.3 is 0 Å². The van der Waals surface area contributed by atoms with E-state index in [2.05, 4.69) is 49.1 Å². The van der Waals surface area contributed by atoms with Crippen LogP contribution < -0.4 is 57.1 Å². The van der Waals surface area contributed by atoms with Crippen molar-refractivity contribution in [2.24, 2.45) is 14.1 Å². The van der Waals surface area contributed by atoms with Crippen molar-refractivity contribution in [2.45, 2.75) is 0 Å². The Bertz CT molecular complexity index is 380. The van der Waals surface area contributed by atoms with E-state index in [1.165, 1.54) is 11.1 Å². The topological polar surface area (TPSA) is 7.76 Å². The number of pyridine rings is 2. The van der Waals surface area contributed by atoms with Crippen LogP contribution in [0.25, 0.3) is 11.1 Å². The van der Waals surface area contributed by atoms with E-state index in [0.717, 1.165) is 0 Å². The lowest BCUT2D eigenvalue weighted by atomic mass is 10.1. The molecular weight excluding hydrogens is 425 g/mol. The zero-order valence-corrected chi connectivity index (χ0v) is 13.6. The van der Waals surface area contributed by atoms with E-state index in [0.29, 0.717) is 0 Å². The van der Waals surface area contributed by atoms with E-state index < -0.39 is 0 Å². The Morgan fingerprint density at radius 1 is 0.625 bits per heavy atom. The van der Waals surface area contributed by atoms with E-state index in [-0.39, 0.29) is 48.0 Å². The Kier molecular flexibility index (Phi) is 7.05. The molecule has 0 aliphatic heterocycles. The molecule has 0 atom stereocenters. The lowest BCUT2D eigenvalue weighted by Gasteiger charge is -1.97. The normalized spacial score (nSPS) is 8.88.